The molecule has 7 nitrogen and oxygen atoms in total. The number of hydrogen-bond donors (Lipinski definition) is 0. The predicted octanol–water partition coefficient (Wildman–Crippen LogP) is 3.00. The van der Waals surface area contributed by atoms with Crippen molar-refractivity contribution in [1.82, 2.24) is 25.4 Å². The van der Waals surface area contributed by atoms with Crippen molar-refractivity contribution in [3.05, 3.63) is 47.1 Å². The Morgan fingerprint density at radius 2 is 1.96 bits per heavy atom. The summed E-state index contributed by atoms with van der Waals surface area (Å²) in [4.78, 5) is 6.99. The van der Waals surface area contributed by atoms with Gasteiger partial charge < -0.3 is 4.52 Å². The molecule has 1 fully saturated rings. The smallest absolute Gasteiger partial charge is 0.233 e. The second kappa shape index (κ2) is 7.14. The summed E-state index contributed by atoms with van der Waals surface area (Å²) in [5.74, 6) is 1.11. The van der Waals surface area contributed by atoms with Gasteiger partial charge in [0.05, 0.1) is 6.42 Å². The second-order valence-corrected chi connectivity index (χ2v) is 6.52. The molecule has 4 rings (SSSR count). The SMILES string of the molecule is Cc1nonc1Cc1nc(-c2cccc(CN3CCCCC3)c2)no1. The molecule has 0 atom stereocenters. The van der Waals surface area contributed by atoms with Gasteiger partial charge in [-0.15, -0.1) is 0 Å². The summed E-state index contributed by atoms with van der Waals surface area (Å²) in [5.41, 5.74) is 3.71. The van der Waals surface area contributed by atoms with Crippen molar-refractivity contribution in [2.24, 2.45) is 0 Å². The number of piperidine rings is 1. The lowest BCUT2D eigenvalue weighted by atomic mass is 10.1. The van der Waals surface area contributed by atoms with Crippen LogP contribution in [0.25, 0.3) is 11.4 Å². The highest BCUT2D eigenvalue weighted by Crippen LogP contribution is 2.20. The van der Waals surface area contributed by atoms with Gasteiger partial charge in [0, 0.05) is 12.1 Å². The lowest BCUT2D eigenvalue weighted by Crippen LogP contribution is -2.29. The van der Waals surface area contributed by atoms with E-state index < -0.39 is 0 Å². The first-order valence-corrected chi connectivity index (χ1v) is 8.70. The van der Waals surface area contributed by atoms with Gasteiger partial charge in [0.2, 0.25) is 11.7 Å². The van der Waals surface area contributed by atoms with Crippen LogP contribution in [0.15, 0.2) is 33.4 Å². The third-order valence-corrected chi connectivity index (χ3v) is 4.57. The lowest BCUT2D eigenvalue weighted by Gasteiger charge is -2.26. The third-order valence-electron chi connectivity index (χ3n) is 4.57. The van der Waals surface area contributed by atoms with Gasteiger partial charge in [0.15, 0.2) is 0 Å². The topological polar surface area (TPSA) is 81.1 Å². The minimum Gasteiger partial charge on any atom is -0.339 e. The molecule has 25 heavy (non-hydrogen) atoms. The normalized spacial score (nSPS) is 15.6. The van der Waals surface area contributed by atoms with Crippen LogP contribution in [0.4, 0.5) is 0 Å². The van der Waals surface area contributed by atoms with Gasteiger partial charge in [0.1, 0.15) is 11.4 Å². The van der Waals surface area contributed by atoms with Gasteiger partial charge in [-0.1, -0.05) is 40.1 Å². The molecule has 0 radical (unpaired) electrons. The average molecular weight is 339 g/mol. The Morgan fingerprint density at radius 1 is 1.08 bits per heavy atom. The Hall–Kier alpha value is -2.54. The van der Waals surface area contributed by atoms with E-state index >= 15 is 0 Å². The number of aryl methyl sites for hydroxylation is 1. The summed E-state index contributed by atoms with van der Waals surface area (Å²) in [6.07, 6.45) is 4.37. The van der Waals surface area contributed by atoms with Crippen molar-refractivity contribution in [2.75, 3.05) is 13.1 Å². The molecule has 0 bridgehead atoms. The molecule has 130 valence electrons. The Morgan fingerprint density at radius 3 is 2.76 bits per heavy atom. The van der Waals surface area contributed by atoms with Crippen molar-refractivity contribution < 1.29 is 9.15 Å². The van der Waals surface area contributed by atoms with Crippen molar-refractivity contribution in [3.8, 4) is 11.4 Å². The first-order valence-electron chi connectivity index (χ1n) is 8.70. The maximum atomic E-state index is 5.36. The van der Waals surface area contributed by atoms with E-state index in [1.54, 1.807) is 0 Å². The molecule has 0 spiro atoms. The van der Waals surface area contributed by atoms with E-state index in [2.05, 4.69) is 43.6 Å². The summed E-state index contributed by atoms with van der Waals surface area (Å²) >= 11 is 0. The third kappa shape index (κ3) is 3.76. The highest BCUT2D eigenvalue weighted by Gasteiger charge is 2.15. The maximum absolute atomic E-state index is 5.36. The molecule has 3 aromatic rings. The monoisotopic (exact) mass is 339 g/mol. The van der Waals surface area contributed by atoms with Gasteiger partial charge >= 0.3 is 0 Å². The van der Waals surface area contributed by atoms with Crippen LogP contribution in [0, 0.1) is 6.92 Å². The van der Waals surface area contributed by atoms with Crippen molar-refractivity contribution in [2.45, 2.75) is 39.2 Å². The first-order chi connectivity index (χ1) is 12.3. The summed E-state index contributed by atoms with van der Waals surface area (Å²) in [7, 11) is 0. The zero-order valence-electron chi connectivity index (χ0n) is 14.3. The number of likely N-dealkylation sites (tertiary alicyclic amines) is 1. The van der Waals surface area contributed by atoms with Gasteiger partial charge in [-0.25, -0.2) is 4.63 Å². The van der Waals surface area contributed by atoms with Crippen LogP contribution in [-0.4, -0.2) is 38.4 Å². The molecular formula is C18H21N5O2. The van der Waals surface area contributed by atoms with Crippen LogP contribution in [0.2, 0.25) is 0 Å². The molecule has 0 unspecified atom stereocenters. The Bertz CT molecular complexity index is 835. The van der Waals surface area contributed by atoms with Crippen LogP contribution in [0.3, 0.4) is 0 Å². The molecule has 7 heteroatoms. The van der Waals surface area contributed by atoms with E-state index in [1.165, 1.54) is 37.9 Å². The zero-order chi connectivity index (χ0) is 17.1. The van der Waals surface area contributed by atoms with Crippen LogP contribution in [0.1, 0.15) is 42.1 Å². The Kier molecular flexibility index (Phi) is 4.56. The van der Waals surface area contributed by atoms with Crippen LogP contribution in [-0.2, 0) is 13.0 Å². The molecule has 1 aliphatic rings. The van der Waals surface area contributed by atoms with E-state index in [1.807, 2.05) is 13.0 Å². The fraction of sp³-hybridized carbons (Fsp3) is 0.444. The van der Waals surface area contributed by atoms with Crippen LogP contribution in [0.5, 0.6) is 0 Å². The number of hydrogen-bond acceptors (Lipinski definition) is 7. The summed E-state index contributed by atoms with van der Waals surface area (Å²) in [6.45, 7) is 5.18. The summed E-state index contributed by atoms with van der Waals surface area (Å²) in [6, 6.07) is 8.36. The van der Waals surface area contributed by atoms with Crippen LogP contribution < -0.4 is 0 Å². The second-order valence-electron chi connectivity index (χ2n) is 6.52. The lowest BCUT2D eigenvalue weighted by molar-refractivity contribution is 0.221. The Labute approximate surface area is 146 Å². The van der Waals surface area contributed by atoms with E-state index in [0.29, 0.717) is 23.8 Å². The standard InChI is InChI=1S/C18H21N5O2/c1-13-16(21-25-20-13)11-17-19-18(22-24-17)15-7-5-6-14(10-15)12-23-8-3-2-4-9-23/h5-7,10H,2-4,8-9,11-12H2,1H3. The van der Waals surface area contributed by atoms with Gasteiger partial charge in [-0.05, 0) is 44.5 Å². The molecule has 1 aliphatic heterocycles. The van der Waals surface area contributed by atoms with Crippen molar-refractivity contribution in [1.29, 1.82) is 0 Å². The maximum Gasteiger partial charge on any atom is 0.233 e. The highest BCUT2D eigenvalue weighted by molar-refractivity contribution is 5.55. The van der Waals surface area contributed by atoms with Gasteiger partial charge in [-0.3, -0.25) is 4.90 Å². The predicted molar refractivity (Wildman–Crippen MR) is 90.7 cm³/mol. The number of nitrogens with zero attached hydrogens (tertiary/aromatic N) is 5. The number of rotatable bonds is 5. The molecule has 0 N–H and O–H groups in total. The van der Waals surface area contributed by atoms with E-state index in [9.17, 15) is 0 Å². The molecule has 0 amide bonds. The molecule has 3 heterocycles. The highest BCUT2D eigenvalue weighted by atomic mass is 16.6. The molecule has 2 aromatic heterocycles. The fourth-order valence-corrected chi connectivity index (χ4v) is 3.18. The van der Waals surface area contributed by atoms with E-state index in [4.69, 9.17) is 9.15 Å². The van der Waals surface area contributed by atoms with E-state index in [-0.39, 0.29) is 0 Å². The quantitative estimate of drug-likeness (QED) is 0.706. The van der Waals surface area contributed by atoms with Gasteiger partial charge in [-0.2, -0.15) is 4.98 Å². The van der Waals surface area contributed by atoms with E-state index in [0.717, 1.165) is 17.8 Å². The fourth-order valence-electron chi connectivity index (χ4n) is 3.18. The van der Waals surface area contributed by atoms with Gasteiger partial charge in [0.25, 0.3) is 0 Å². The molecule has 1 aromatic carbocycles. The molecule has 0 saturated carbocycles. The summed E-state index contributed by atoms with van der Waals surface area (Å²) in [5, 5.41) is 11.7. The van der Waals surface area contributed by atoms with Crippen molar-refractivity contribution >= 4 is 0 Å². The van der Waals surface area contributed by atoms with Crippen LogP contribution >= 0.6 is 0 Å². The largest absolute Gasteiger partial charge is 0.339 e. The summed E-state index contributed by atoms with van der Waals surface area (Å²) < 4.78 is 10.1. The average Bonchev–Trinajstić information content (AvgIpc) is 3.26. The minimum absolute atomic E-state index is 0.426. The molecular weight excluding hydrogens is 318 g/mol. The number of aromatic nitrogens is 4. The Balaban J connectivity index is 1.48. The minimum atomic E-state index is 0.426. The number of benzene rings is 1. The van der Waals surface area contributed by atoms with Crippen molar-refractivity contribution in [3.63, 3.8) is 0 Å². The molecule has 1 saturated heterocycles. The molecule has 0 aliphatic carbocycles. The zero-order valence-corrected chi connectivity index (χ0v) is 14.3. The first kappa shape index (κ1) is 16.0.